The smallest absolute Gasteiger partial charge is 0.136 e. The second-order valence-corrected chi connectivity index (χ2v) is 1.89. The van der Waals surface area contributed by atoms with E-state index >= 15 is 0 Å². The van der Waals surface area contributed by atoms with Crippen LogP contribution in [-0.4, -0.2) is 32.5 Å². The molecule has 4 nitrogen and oxygen atoms in total. The number of nitrogens with zero attached hydrogens (tertiary/aromatic N) is 1. The Hall–Kier alpha value is -0.770. The number of hydrazone groups is 1. The van der Waals surface area contributed by atoms with Crippen molar-refractivity contribution >= 4 is 5.84 Å². The topological polar surface area (TPSA) is 48.5 Å². The van der Waals surface area contributed by atoms with Gasteiger partial charge < -0.3 is 16.1 Å². The first kappa shape index (κ1) is 6.35. The van der Waals surface area contributed by atoms with Crippen LogP contribution in [0.2, 0.25) is 0 Å². The summed E-state index contributed by atoms with van der Waals surface area (Å²) in [7, 11) is 1.79. The number of nitrogens with one attached hydrogen (secondary N) is 3. The second kappa shape index (κ2) is 3.29. The van der Waals surface area contributed by atoms with Crippen LogP contribution in [0, 0.1) is 0 Å². The van der Waals surface area contributed by atoms with Crippen molar-refractivity contribution < 1.29 is 0 Å². The van der Waals surface area contributed by atoms with Crippen LogP contribution in [0.5, 0.6) is 0 Å². The van der Waals surface area contributed by atoms with Crippen molar-refractivity contribution in [3.05, 3.63) is 0 Å². The molecule has 0 aromatic rings. The molecule has 1 aliphatic rings. The first-order valence-corrected chi connectivity index (χ1v) is 3.11. The quantitative estimate of drug-likeness (QED) is 0.385. The maximum absolute atomic E-state index is 3.98. The first-order chi connectivity index (χ1) is 4.43. The summed E-state index contributed by atoms with van der Waals surface area (Å²) in [4.78, 5) is 0. The molecule has 1 saturated heterocycles. The molecule has 1 rings (SSSR count). The van der Waals surface area contributed by atoms with Gasteiger partial charge in [0.25, 0.3) is 0 Å². The van der Waals surface area contributed by atoms with Gasteiger partial charge in [0, 0.05) is 20.1 Å². The van der Waals surface area contributed by atoms with Crippen molar-refractivity contribution in [2.24, 2.45) is 5.10 Å². The van der Waals surface area contributed by atoms with E-state index in [0.717, 1.165) is 25.5 Å². The minimum Gasteiger partial charge on any atom is -0.370 e. The fraction of sp³-hybridized carbons (Fsp3) is 0.800. The molecule has 0 atom stereocenters. The van der Waals surface area contributed by atoms with Gasteiger partial charge in [-0.3, -0.25) is 0 Å². The highest BCUT2D eigenvalue weighted by atomic mass is 15.3. The number of hydrogen-bond donors (Lipinski definition) is 3. The standard InChI is InChI=1S/C5H12N4/c1-6-9-5-4-7-2-3-8-5/h6-7H,2-4H2,1H3,(H,8,9). The van der Waals surface area contributed by atoms with Gasteiger partial charge in [0.1, 0.15) is 5.84 Å². The highest BCUT2D eigenvalue weighted by molar-refractivity contribution is 5.84. The Kier molecular flexibility index (Phi) is 2.32. The minimum atomic E-state index is 0.848. The van der Waals surface area contributed by atoms with E-state index < -0.39 is 0 Å². The van der Waals surface area contributed by atoms with Crippen LogP contribution in [0.1, 0.15) is 0 Å². The highest BCUT2D eigenvalue weighted by Gasteiger charge is 2.02. The minimum absolute atomic E-state index is 0.848. The maximum atomic E-state index is 3.98. The molecule has 0 aromatic carbocycles. The molecule has 9 heavy (non-hydrogen) atoms. The summed E-state index contributed by atoms with van der Waals surface area (Å²) in [6.07, 6.45) is 0. The van der Waals surface area contributed by atoms with Crippen LogP contribution in [0.15, 0.2) is 5.10 Å². The molecule has 1 fully saturated rings. The summed E-state index contributed by atoms with van der Waals surface area (Å²) in [5.41, 5.74) is 2.72. The van der Waals surface area contributed by atoms with Gasteiger partial charge in [-0.05, 0) is 0 Å². The molecule has 52 valence electrons. The Morgan fingerprint density at radius 1 is 1.56 bits per heavy atom. The first-order valence-electron chi connectivity index (χ1n) is 3.11. The molecule has 0 saturated carbocycles. The molecule has 0 unspecified atom stereocenters. The average Bonchev–Trinajstić information content (AvgIpc) is 1.91. The van der Waals surface area contributed by atoms with E-state index in [0.29, 0.717) is 0 Å². The summed E-state index contributed by atoms with van der Waals surface area (Å²) in [6.45, 7) is 2.85. The molecule has 0 radical (unpaired) electrons. The predicted molar refractivity (Wildman–Crippen MR) is 37.4 cm³/mol. The van der Waals surface area contributed by atoms with Gasteiger partial charge in [0.15, 0.2) is 0 Å². The Labute approximate surface area is 54.7 Å². The van der Waals surface area contributed by atoms with E-state index in [2.05, 4.69) is 21.2 Å². The van der Waals surface area contributed by atoms with Crippen molar-refractivity contribution in [1.29, 1.82) is 0 Å². The molecule has 1 heterocycles. The lowest BCUT2D eigenvalue weighted by Crippen LogP contribution is -2.45. The highest BCUT2D eigenvalue weighted by Crippen LogP contribution is 1.74. The summed E-state index contributed by atoms with van der Waals surface area (Å²) >= 11 is 0. The zero-order valence-electron chi connectivity index (χ0n) is 5.57. The monoisotopic (exact) mass is 128 g/mol. The number of piperazine rings is 1. The molecular weight excluding hydrogens is 116 g/mol. The third kappa shape index (κ3) is 1.89. The van der Waals surface area contributed by atoms with Crippen molar-refractivity contribution in [3.63, 3.8) is 0 Å². The fourth-order valence-corrected chi connectivity index (χ4v) is 0.778. The lowest BCUT2D eigenvalue weighted by Gasteiger charge is -2.15. The van der Waals surface area contributed by atoms with Gasteiger partial charge in [-0.15, -0.1) is 0 Å². The number of amidine groups is 1. The van der Waals surface area contributed by atoms with Crippen LogP contribution in [0.4, 0.5) is 0 Å². The molecule has 0 aromatic heterocycles. The SMILES string of the molecule is CN/N=C1/CNCCN1. The van der Waals surface area contributed by atoms with Crippen molar-refractivity contribution in [2.75, 3.05) is 26.7 Å². The van der Waals surface area contributed by atoms with Crippen LogP contribution in [-0.2, 0) is 0 Å². The summed E-state index contributed by atoms with van der Waals surface area (Å²) in [6, 6.07) is 0. The van der Waals surface area contributed by atoms with E-state index in [1.807, 2.05) is 0 Å². The van der Waals surface area contributed by atoms with Gasteiger partial charge >= 0.3 is 0 Å². The van der Waals surface area contributed by atoms with Crippen molar-refractivity contribution in [1.82, 2.24) is 16.1 Å². The van der Waals surface area contributed by atoms with E-state index in [1.165, 1.54) is 0 Å². The van der Waals surface area contributed by atoms with Crippen molar-refractivity contribution in [3.8, 4) is 0 Å². The van der Waals surface area contributed by atoms with E-state index in [9.17, 15) is 0 Å². The molecule has 3 N–H and O–H groups in total. The third-order valence-corrected chi connectivity index (χ3v) is 1.17. The zero-order chi connectivity index (χ0) is 6.53. The summed E-state index contributed by atoms with van der Waals surface area (Å²) < 4.78 is 0. The van der Waals surface area contributed by atoms with Gasteiger partial charge in [0.05, 0.1) is 6.54 Å². The predicted octanol–water partition coefficient (Wildman–Crippen LogP) is -1.29. The molecule has 0 spiro atoms. The Balaban J connectivity index is 2.30. The van der Waals surface area contributed by atoms with E-state index in [4.69, 9.17) is 0 Å². The van der Waals surface area contributed by atoms with Crippen LogP contribution in [0.25, 0.3) is 0 Å². The van der Waals surface area contributed by atoms with E-state index in [-0.39, 0.29) is 0 Å². The third-order valence-electron chi connectivity index (χ3n) is 1.17. The molecule has 1 aliphatic heterocycles. The molecular formula is C5H12N4. The van der Waals surface area contributed by atoms with E-state index in [1.54, 1.807) is 7.05 Å². The van der Waals surface area contributed by atoms with Gasteiger partial charge in [-0.25, -0.2) is 0 Å². The van der Waals surface area contributed by atoms with Crippen molar-refractivity contribution in [2.45, 2.75) is 0 Å². The Morgan fingerprint density at radius 3 is 3.00 bits per heavy atom. The summed E-state index contributed by atoms with van der Waals surface area (Å²) in [5.74, 6) is 0.990. The largest absolute Gasteiger partial charge is 0.370 e. The lowest BCUT2D eigenvalue weighted by molar-refractivity contribution is 0.664. The lowest BCUT2D eigenvalue weighted by atomic mass is 10.4. The van der Waals surface area contributed by atoms with Crippen LogP contribution < -0.4 is 16.1 Å². The molecule has 0 bridgehead atoms. The summed E-state index contributed by atoms with van der Waals surface area (Å²) in [5, 5.41) is 10.3. The Morgan fingerprint density at radius 2 is 2.44 bits per heavy atom. The molecule has 0 amide bonds. The molecule has 4 heteroatoms. The number of hydrogen-bond acceptors (Lipinski definition) is 3. The van der Waals surface area contributed by atoms with Crippen LogP contribution >= 0.6 is 0 Å². The Bertz CT molecular complexity index is 102. The maximum Gasteiger partial charge on any atom is 0.136 e. The number of rotatable bonds is 1. The van der Waals surface area contributed by atoms with Crippen LogP contribution in [0.3, 0.4) is 0 Å². The van der Waals surface area contributed by atoms with Gasteiger partial charge in [-0.2, -0.15) is 5.10 Å². The second-order valence-electron chi connectivity index (χ2n) is 1.89. The zero-order valence-corrected chi connectivity index (χ0v) is 5.57. The fourth-order valence-electron chi connectivity index (χ4n) is 0.778. The average molecular weight is 128 g/mol. The van der Waals surface area contributed by atoms with Gasteiger partial charge in [-0.1, -0.05) is 0 Å². The molecule has 0 aliphatic carbocycles. The van der Waals surface area contributed by atoms with Gasteiger partial charge in [0.2, 0.25) is 0 Å². The normalized spacial score (nSPS) is 23.4.